The average molecular weight is 441 g/mol. The van der Waals surface area contributed by atoms with Crippen molar-refractivity contribution in [2.24, 2.45) is 5.92 Å². The highest BCUT2D eigenvalue weighted by Gasteiger charge is 2.23. The summed E-state index contributed by atoms with van der Waals surface area (Å²) in [6, 6.07) is 9.46. The van der Waals surface area contributed by atoms with Gasteiger partial charge in [-0.05, 0) is 55.6 Å². The van der Waals surface area contributed by atoms with Gasteiger partial charge < -0.3 is 16.0 Å². The Kier molecular flexibility index (Phi) is 9.10. The molecule has 0 bridgehead atoms. The lowest BCUT2D eigenvalue weighted by molar-refractivity contribution is -0.116. The Morgan fingerprint density at radius 3 is 2.53 bits per heavy atom. The Hall–Kier alpha value is -2.87. The molecule has 3 amide bonds. The van der Waals surface area contributed by atoms with Crippen molar-refractivity contribution in [3.05, 3.63) is 48.3 Å². The Morgan fingerprint density at radius 1 is 1.06 bits per heavy atom. The molecule has 0 radical (unpaired) electrons. The quantitative estimate of drug-likeness (QED) is 0.558. The van der Waals surface area contributed by atoms with Crippen LogP contribution in [0.2, 0.25) is 0 Å². The zero-order chi connectivity index (χ0) is 22.8. The van der Waals surface area contributed by atoms with E-state index in [4.69, 9.17) is 0 Å². The van der Waals surface area contributed by atoms with Crippen molar-refractivity contribution in [3.8, 4) is 0 Å². The molecule has 0 saturated carbocycles. The molecule has 3 rings (SSSR count). The maximum absolute atomic E-state index is 12.4. The highest BCUT2D eigenvalue weighted by atomic mass is 16.2. The number of amides is 3. The lowest BCUT2D eigenvalue weighted by atomic mass is 10.0. The van der Waals surface area contributed by atoms with Crippen molar-refractivity contribution in [3.63, 3.8) is 0 Å². The summed E-state index contributed by atoms with van der Waals surface area (Å²) >= 11 is 0. The van der Waals surface area contributed by atoms with Crippen molar-refractivity contribution < 1.29 is 9.59 Å². The van der Waals surface area contributed by atoms with Gasteiger partial charge in [0.05, 0.1) is 0 Å². The van der Waals surface area contributed by atoms with E-state index < -0.39 is 0 Å². The first-order valence-electron chi connectivity index (χ1n) is 11.6. The topological polar surface area (TPSA) is 91.3 Å². The van der Waals surface area contributed by atoms with Crippen LogP contribution >= 0.6 is 0 Å². The molecule has 3 N–H and O–H groups in total. The number of carbonyl (C=O) groups excluding carboxylic acids is 2. The number of benzene rings is 1. The molecule has 2 aromatic rings. The van der Waals surface area contributed by atoms with Crippen molar-refractivity contribution in [2.75, 3.05) is 25.0 Å². The van der Waals surface area contributed by atoms with Crippen LogP contribution in [0, 0.1) is 5.92 Å². The molecule has 32 heavy (non-hydrogen) atoms. The minimum atomic E-state index is -0.168. The van der Waals surface area contributed by atoms with Crippen molar-refractivity contribution in [2.45, 2.75) is 58.7 Å². The largest absolute Gasteiger partial charge is 0.337 e. The fourth-order valence-electron chi connectivity index (χ4n) is 4.16. The molecule has 174 valence electrons. The molecule has 1 fully saturated rings. The third-order valence-electron chi connectivity index (χ3n) is 5.88. The number of anilines is 1. The van der Waals surface area contributed by atoms with Gasteiger partial charge in [0.25, 0.3) is 0 Å². The fraction of sp³-hybridized carbons (Fsp3) is 0.542. The van der Waals surface area contributed by atoms with Crippen molar-refractivity contribution in [1.82, 2.24) is 25.3 Å². The molecule has 1 aromatic carbocycles. The normalized spacial score (nSPS) is 15.7. The lowest BCUT2D eigenvalue weighted by Crippen LogP contribution is -2.49. The summed E-state index contributed by atoms with van der Waals surface area (Å²) < 4.78 is 1.57. The van der Waals surface area contributed by atoms with Crippen LogP contribution in [0.3, 0.4) is 0 Å². The lowest BCUT2D eigenvalue weighted by Gasteiger charge is -2.33. The number of likely N-dealkylation sites (tertiary alicyclic amines) is 1. The first-order chi connectivity index (χ1) is 15.5. The highest BCUT2D eigenvalue weighted by molar-refractivity contribution is 5.90. The van der Waals surface area contributed by atoms with E-state index in [1.807, 2.05) is 24.3 Å². The van der Waals surface area contributed by atoms with Gasteiger partial charge in [-0.3, -0.25) is 14.4 Å². The van der Waals surface area contributed by atoms with E-state index in [1.54, 1.807) is 23.1 Å². The Morgan fingerprint density at radius 2 is 1.84 bits per heavy atom. The Balaban J connectivity index is 1.44. The minimum absolute atomic E-state index is 0.148. The van der Waals surface area contributed by atoms with Gasteiger partial charge in [0.1, 0.15) is 6.54 Å². The number of urea groups is 1. The second-order valence-electron chi connectivity index (χ2n) is 8.78. The molecule has 0 unspecified atom stereocenters. The number of hydrogen-bond acceptors (Lipinski definition) is 4. The van der Waals surface area contributed by atoms with Crippen LogP contribution in [-0.2, 0) is 17.9 Å². The van der Waals surface area contributed by atoms with Crippen molar-refractivity contribution in [1.29, 1.82) is 0 Å². The molecular weight excluding hydrogens is 404 g/mol. The molecule has 8 nitrogen and oxygen atoms in total. The van der Waals surface area contributed by atoms with Gasteiger partial charge in [-0.15, -0.1) is 0 Å². The maximum Gasteiger partial charge on any atom is 0.315 e. The van der Waals surface area contributed by atoms with Gasteiger partial charge in [0.2, 0.25) is 5.91 Å². The second kappa shape index (κ2) is 12.2. The van der Waals surface area contributed by atoms with Crippen LogP contribution in [0.1, 0.15) is 45.1 Å². The number of hydrogen-bond donors (Lipinski definition) is 3. The monoisotopic (exact) mass is 440 g/mol. The van der Waals surface area contributed by atoms with Gasteiger partial charge in [-0.1, -0.05) is 38.8 Å². The summed E-state index contributed by atoms with van der Waals surface area (Å²) in [6.45, 7) is 7.88. The van der Waals surface area contributed by atoms with Crippen LogP contribution in [0.4, 0.5) is 10.5 Å². The predicted molar refractivity (Wildman–Crippen MR) is 126 cm³/mol. The molecule has 1 aliphatic heterocycles. The summed E-state index contributed by atoms with van der Waals surface area (Å²) in [4.78, 5) is 27.1. The van der Waals surface area contributed by atoms with E-state index in [1.165, 1.54) is 25.7 Å². The molecule has 0 aliphatic carbocycles. The van der Waals surface area contributed by atoms with E-state index in [0.717, 1.165) is 18.7 Å². The van der Waals surface area contributed by atoms with E-state index in [0.29, 0.717) is 30.7 Å². The van der Waals surface area contributed by atoms with E-state index in [2.05, 4.69) is 39.8 Å². The van der Waals surface area contributed by atoms with Crippen LogP contribution < -0.4 is 16.0 Å². The van der Waals surface area contributed by atoms with Crippen LogP contribution in [0.25, 0.3) is 0 Å². The first kappa shape index (κ1) is 23.8. The van der Waals surface area contributed by atoms with Crippen LogP contribution in [0.15, 0.2) is 42.7 Å². The molecular formula is C24H36N6O2. The average Bonchev–Trinajstić information content (AvgIpc) is 3.12. The summed E-state index contributed by atoms with van der Waals surface area (Å²) in [5.41, 5.74) is 1.62. The summed E-state index contributed by atoms with van der Waals surface area (Å²) in [6.07, 6.45) is 8.47. The van der Waals surface area contributed by atoms with Crippen LogP contribution in [-0.4, -0.2) is 52.3 Å². The number of rotatable bonds is 9. The molecule has 1 saturated heterocycles. The van der Waals surface area contributed by atoms with Gasteiger partial charge in [-0.25, -0.2) is 4.79 Å². The van der Waals surface area contributed by atoms with Crippen molar-refractivity contribution >= 4 is 17.6 Å². The molecule has 8 heteroatoms. The van der Waals surface area contributed by atoms with Crippen LogP contribution in [0.5, 0.6) is 0 Å². The van der Waals surface area contributed by atoms with E-state index in [-0.39, 0.29) is 18.5 Å². The molecule has 1 atom stereocenters. The van der Waals surface area contributed by atoms with Gasteiger partial charge in [0, 0.05) is 37.2 Å². The highest BCUT2D eigenvalue weighted by Crippen LogP contribution is 2.17. The van der Waals surface area contributed by atoms with Gasteiger partial charge >= 0.3 is 6.03 Å². The summed E-state index contributed by atoms with van der Waals surface area (Å²) in [5.74, 6) is 0.334. The second-order valence-corrected chi connectivity index (χ2v) is 8.78. The molecule has 1 aliphatic rings. The molecule has 2 heterocycles. The standard InChI is InChI=1S/C24H36N6O2/c1-19(2)22(29-12-5-3-4-6-13-29)17-26-24(32)25-16-20-9-7-10-21(15-20)28-23(31)18-30-14-8-11-27-30/h7-11,14-15,19,22H,3-6,12-13,16-18H2,1-2H3,(H,28,31)(H2,25,26,32)/t22-/m1/s1. The first-order valence-corrected chi connectivity index (χ1v) is 11.6. The third-order valence-corrected chi connectivity index (χ3v) is 5.88. The summed E-state index contributed by atoms with van der Waals surface area (Å²) in [7, 11) is 0. The fourth-order valence-corrected chi connectivity index (χ4v) is 4.16. The van der Waals surface area contributed by atoms with E-state index >= 15 is 0 Å². The third kappa shape index (κ3) is 7.67. The zero-order valence-corrected chi connectivity index (χ0v) is 19.2. The minimum Gasteiger partial charge on any atom is -0.337 e. The predicted octanol–water partition coefficient (Wildman–Crippen LogP) is 3.22. The zero-order valence-electron chi connectivity index (χ0n) is 19.2. The van der Waals surface area contributed by atoms with Gasteiger partial charge in [0.15, 0.2) is 0 Å². The number of nitrogens with zero attached hydrogens (tertiary/aromatic N) is 3. The SMILES string of the molecule is CC(C)[C@@H](CNC(=O)NCc1cccc(NC(=O)Cn2cccn2)c1)N1CCCCCC1. The van der Waals surface area contributed by atoms with E-state index in [9.17, 15) is 9.59 Å². The summed E-state index contributed by atoms with van der Waals surface area (Å²) in [5, 5.41) is 12.9. The number of nitrogens with one attached hydrogen (secondary N) is 3. The van der Waals surface area contributed by atoms with Gasteiger partial charge in [-0.2, -0.15) is 5.10 Å². The number of carbonyl (C=O) groups is 2. The molecule has 1 aromatic heterocycles. The number of aromatic nitrogens is 2. The Labute approximate surface area is 190 Å². The molecule has 0 spiro atoms. The Bertz CT molecular complexity index is 844. The smallest absolute Gasteiger partial charge is 0.315 e. The maximum atomic E-state index is 12.4.